The van der Waals surface area contributed by atoms with E-state index in [2.05, 4.69) is 5.32 Å². The monoisotopic (exact) mass is 328 g/mol. The Morgan fingerprint density at radius 2 is 0.826 bits per heavy atom. The molecule has 4 N–H and O–H groups in total. The van der Waals surface area contributed by atoms with Gasteiger partial charge >= 0.3 is 0 Å². The number of nitrogens with two attached hydrogens (primary N) is 1. The van der Waals surface area contributed by atoms with Crippen molar-refractivity contribution in [1.29, 1.82) is 0 Å². The first-order chi connectivity index (χ1) is 11.4. The third-order valence-corrected chi connectivity index (χ3v) is 4.57. The molecule has 0 aromatic carbocycles. The highest BCUT2D eigenvalue weighted by molar-refractivity contribution is 4.52. The molecule has 140 valence electrons. The quantitative estimate of drug-likeness (QED) is 0.282. The molecule has 0 fully saturated rings. The van der Waals surface area contributed by atoms with Crippen LogP contribution in [0.25, 0.3) is 0 Å². The lowest BCUT2D eigenvalue weighted by atomic mass is 10.1. The smallest absolute Gasteiger partial charge is 0.0431 e. The van der Waals surface area contributed by atoms with Crippen LogP contribution in [-0.2, 0) is 0 Å². The zero-order valence-corrected chi connectivity index (χ0v) is 15.7. The van der Waals surface area contributed by atoms with Gasteiger partial charge in [0.15, 0.2) is 0 Å². The van der Waals surface area contributed by atoms with Crippen LogP contribution >= 0.6 is 0 Å². The third-order valence-electron chi connectivity index (χ3n) is 4.57. The van der Waals surface area contributed by atoms with Crippen LogP contribution in [0.3, 0.4) is 0 Å². The van der Waals surface area contributed by atoms with Crippen molar-refractivity contribution < 1.29 is 5.11 Å². The van der Waals surface area contributed by atoms with Crippen LogP contribution in [0, 0.1) is 0 Å². The topological polar surface area (TPSA) is 58.3 Å². The molecule has 0 saturated heterocycles. The first-order valence-electron chi connectivity index (χ1n) is 10.4. The maximum Gasteiger partial charge on any atom is 0.0431 e. The molecular weight excluding hydrogens is 284 g/mol. The molecule has 0 spiro atoms. The van der Waals surface area contributed by atoms with Gasteiger partial charge in [0.2, 0.25) is 0 Å². The highest BCUT2D eigenvalue weighted by atomic mass is 16.2. The lowest BCUT2D eigenvalue weighted by Crippen LogP contribution is -2.16. The Kier molecular flexibility index (Phi) is 21.8. The largest absolute Gasteiger partial charge is 0.396 e. The Hall–Kier alpha value is -0.120. The average Bonchev–Trinajstić information content (AvgIpc) is 2.57. The Morgan fingerprint density at radius 1 is 0.478 bits per heavy atom. The number of nitrogens with one attached hydrogen (secondary N) is 1. The number of aliphatic hydroxyl groups excluding tert-OH is 1. The van der Waals surface area contributed by atoms with Gasteiger partial charge in [-0.1, -0.05) is 77.0 Å². The molecule has 0 aromatic heterocycles. The number of rotatable bonds is 20. The summed E-state index contributed by atoms with van der Waals surface area (Å²) >= 11 is 0. The van der Waals surface area contributed by atoms with Crippen LogP contribution < -0.4 is 11.1 Å². The molecule has 0 aliphatic rings. The summed E-state index contributed by atoms with van der Waals surface area (Å²) in [6, 6.07) is 0. The molecule has 3 heteroatoms. The lowest BCUT2D eigenvalue weighted by Gasteiger charge is -2.05. The standard InChI is InChI=1S/C20H44N2O/c21-17-13-9-5-1-2-6-10-14-18-22-19-15-11-7-3-4-8-12-16-20-23/h22-23H,1-21H2. The van der Waals surface area contributed by atoms with E-state index < -0.39 is 0 Å². The molecule has 0 rings (SSSR count). The van der Waals surface area contributed by atoms with Crippen molar-refractivity contribution in [3.05, 3.63) is 0 Å². The molecule has 0 bridgehead atoms. The molecule has 0 atom stereocenters. The van der Waals surface area contributed by atoms with E-state index in [1.54, 1.807) is 0 Å². The minimum absolute atomic E-state index is 0.362. The summed E-state index contributed by atoms with van der Waals surface area (Å²) in [5.74, 6) is 0. The van der Waals surface area contributed by atoms with Crippen molar-refractivity contribution in [3.63, 3.8) is 0 Å². The highest BCUT2D eigenvalue weighted by Crippen LogP contribution is 2.09. The van der Waals surface area contributed by atoms with E-state index in [4.69, 9.17) is 10.8 Å². The number of unbranched alkanes of at least 4 members (excludes halogenated alkanes) is 14. The van der Waals surface area contributed by atoms with Crippen molar-refractivity contribution in [3.8, 4) is 0 Å². The van der Waals surface area contributed by atoms with Gasteiger partial charge in [-0.2, -0.15) is 0 Å². The second-order valence-corrected chi connectivity index (χ2v) is 6.92. The Morgan fingerprint density at radius 3 is 1.22 bits per heavy atom. The van der Waals surface area contributed by atoms with E-state index in [1.807, 2.05) is 0 Å². The Labute approximate surface area is 145 Å². The molecule has 0 aliphatic carbocycles. The van der Waals surface area contributed by atoms with E-state index >= 15 is 0 Å². The van der Waals surface area contributed by atoms with Gasteiger partial charge in [-0.25, -0.2) is 0 Å². The summed E-state index contributed by atoms with van der Waals surface area (Å²) < 4.78 is 0. The third kappa shape index (κ3) is 21.9. The molecule has 0 heterocycles. The van der Waals surface area contributed by atoms with E-state index in [0.29, 0.717) is 6.61 Å². The molecule has 0 aromatic rings. The SMILES string of the molecule is NCCCCCCCCCCNCCCCCCCCCCO. The van der Waals surface area contributed by atoms with Gasteiger partial charge in [-0.05, 0) is 45.3 Å². The van der Waals surface area contributed by atoms with Crippen LogP contribution in [0.2, 0.25) is 0 Å². The molecule has 0 amide bonds. The van der Waals surface area contributed by atoms with Gasteiger partial charge in [-0.15, -0.1) is 0 Å². The average molecular weight is 329 g/mol. The molecule has 0 aliphatic heterocycles. The summed E-state index contributed by atoms with van der Waals surface area (Å²) in [6.07, 6.45) is 21.1. The van der Waals surface area contributed by atoms with Gasteiger partial charge in [-0.3, -0.25) is 0 Å². The van der Waals surface area contributed by atoms with Gasteiger partial charge < -0.3 is 16.2 Å². The van der Waals surface area contributed by atoms with Crippen molar-refractivity contribution >= 4 is 0 Å². The zero-order valence-electron chi connectivity index (χ0n) is 15.7. The maximum absolute atomic E-state index is 8.70. The van der Waals surface area contributed by atoms with Crippen molar-refractivity contribution in [2.75, 3.05) is 26.2 Å². The lowest BCUT2D eigenvalue weighted by molar-refractivity contribution is 0.282. The molecule has 0 radical (unpaired) electrons. The van der Waals surface area contributed by atoms with Crippen LogP contribution in [0.4, 0.5) is 0 Å². The van der Waals surface area contributed by atoms with Gasteiger partial charge in [0, 0.05) is 6.61 Å². The zero-order chi connectivity index (χ0) is 16.8. The first kappa shape index (κ1) is 22.9. The molecule has 23 heavy (non-hydrogen) atoms. The molecular formula is C20H44N2O. The first-order valence-corrected chi connectivity index (χ1v) is 10.4. The number of aliphatic hydroxyl groups is 1. The number of hydrogen-bond donors (Lipinski definition) is 3. The van der Waals surface area contributed by atoms with E-state index in [1.165, 1.54) is 109 Å². The summed E-state index contributed by atoms with van der Waals surface area (Å²) in [5, 5.41) is 12.3. The van der Waals surface area contributed by atoms with Crippen LogP contribution in [0.5, 0.6) is 0 Å². The second kappa shape index (κ2) is 21.9. The van der Waals surface area contributed by atoms with Crippen LogP contribution in [-0.4, -0.2) is 31.3 Å². The molecule has 0 saturated carbocycles. The van der Waals surface area contributed by atoms with E-state index in [-0.39, 0.29) is 0 Å². The van der Waals surface area contributed by atoms with E-state index in [0.717, 1.165) is 13.0 Å². The fourth-order valence-electron chi connectivity index (χ4n) is 3.00. The highest BCUT2D eigenvalue weighted by Gasteiger charge is 1.94. The minimum Gasteiger partial charge on any atom is -0.396 e. The van der Waals surface area contributed by atoms with Gasteiger partial charge in [0.25, 0.3) is 0 Å². The fraction of sp³-hybridized carbons (Fsp3) is 1.00. The van der Waals surface area contributed by atoms with Crippen LogP contribution in [0.15, 0.2) is 0 Å². The Bertz CT molecular complexity index is 180. The fourth-order valence-corrected chi connectivity index (χ4v) is 3.00. The summed E-state index contributed by atoms with van der Waals surface area (Å²) in [5.41, 5.74) is 5.49. The summed E-state index contributed by atoms with van der Waals surface area (Å²) in [4.78, 5) is 0. The van der Waals surface area contributed by atoms with Crippen molar-refractivity contribution in [2.45, 2.75) is 103 Å². The normalized spacial score (nSPS) is 11.2. The second-order valence-electron chi connectivity index (χ2n) is 6.92. The molecule has 0 unspecified atom stereocenters. The summed E-state index contributed by atoms with van der Waals surface area (Å²) in [6.45, 7) is 3.62. The predicted molar refractivity (Wildman–Crippen MR) is 103 cm³/mol. The summed E-state index contributed by atoms with van der Waals surface area (Å²) in [7, 11) is 0. The van der Waals surface area contributed by atoms with Gasteiger partial charge in [0.05, 0.1) is 0 Å². The minimum atomic E-state index is 0.362. The molecule has 3 nitrogen and oxygen atoms in total. The maximum atomic E-state index is 8.70. The van der Waals surface area contributed by atoms with Crippen molar-refractivity contribution in [1.82, 2.24) is 5.32 Å². The predicted octanol–water partition coefficient (Wildman–Crippen LogP) is 4.77. The Balaban J connectivity index is 2.92. The van der Waals surface area contributed by atoms with Gasteiger partial charge in [0.1, 0.15) is 0 Å². The number of hydrogen-bond acceptors (Lipinski definition) is 3. The van der Waals surface area contributed by atoms with E-state index in [9.17, 15) is 0 Å². The van der Waals surface area contributed by atoms with Crippen LogP contribution in [0.1, 0.15) is 103 Å². The van der Waals surface area contributed by atoms with Crippen molar-refractivity contribution in [2.24, 2.45) is 5.73 Å².